The maximum atomic E-state index is 10.7. The predicted octanol–water partition coefficient (Wildman–Crippen LogP) is 3.70. The number of rotatable bonds is 0. The van der Waals surface area contributed by atoms with Crippen LogP contribution in [0.5, 0.6) is 28.7 Å². The molecule has 0 radical (unpaired) electrons. The second-order valence-electron chi connectivity index (χ2n) is 6.06. The number of phenolic OH excluding ortho intramolecular Hbond substituents is 1. The molecule has 0 aliphatic carbocycles. The van der Waals surface area contributed by atoms with E-state index in [9.17, 15) is 5.11 Å². The van der Waals surface area contributed by atoms with Crippen molar-refractivity contribution in [1.82, 2.24) is 4.98 Å². The molecule has 0 amide bonds. The lowest BCUT2D eigenvalue weighted by atomic mass is 9.99. The van der Waals surface area contributed by atoms with Gasteiger partial charge in [0.15, 0.2) is 23.0 Å². The first-order chi connectivity index (χ1) is 12.3. The Labute approximate surface area is 141 Å². The third-order valence-corrected chi connectivity index (χ3v) is 4.75. The van der Waals surface area contributed by atoms with Gasteiger partial charge in [-0.15, -0.1) is 0 Å². The normalized spacial score (nSPS) is 14.7. The highest BCUT2D eigenvalue weighted by atomic mass is 16.7. The molecule has 0 spiro atoms. The molecule has 2 aliphatic heterocycles. The van der Waals surface area contributed by atoms with Gasteiger partial charge in [0, 0.05) is 22.4 Å². The molecule has 6 heteroatoms. The minimum Gasteiger partial charge on any atom is -0.507 e. The van der Waals surface area contributed by atoms with Crippen LogP contribution in [0.1, 0.15) is 0 Å². The van der Waals surface area contributed by atoms with Gasteiger partial charge < -0.3 is 24.1 Å². The van der Waals surface area contributed by atoms with E-state index in [0.29, 0.717) is 33.9 Å². The van der Waals surface area contributed by atoms with Crippen LogP contribution < -0.4 is 18.9 Å². The molecule has 25 heavy (non-hydrogen) atoms. The fourth-order valence-corrected chi connectivity index (χ4v) is 3.63. The Morgan fingerprint density at radius 2 is 1.60 bits per heavy atom. The molecule has 0 bridgehead atoms. The number of benzene rings is 3. The van der Waals surface area contributed by atoms with Gasteiger partial charge in [-0.05, 0) is 35.7 Å². The summed E-state index contributed by atoms with van der Waals surface area (Å²) in [6.45, 7) is 0.398. The number of hydrogen-bond acceptors (Lipinski definition) is 6. The minimum atomic E-state index is 0.165. The van der Waals surface area contributed by atoms with Crippen molar-refractivity contribution < 1.29 is 24.1 Å². The predicted molar refractivity (Wildman–Crippen MR) is 90.7 cm³/mol. The third kappa shape index (κ3) is 1.60. The average Bonchev–Trinajstić information content (AvgIpc) is 3.28. The summed E-state index contributed by atoms with van der Waals surface area (Å²) in [6, 6.07) is 9.28. The highest BCUT2D eigenvalue weighted by molar-refractivity contribution is 6.19. The lowest BCUT2D eigenvalue weighted by Gasteiger charge is -2.11. The fraction of sp³-hybridized carbons (Fsp3) is 0.105. The first kappa shape index (κ1) is 12.9. The minimum absolute atomic E-state index is 0.165. The SMILES string of the molecule is Oc1cc2cc3c(cc2c2ncc4c5c(ccc4c12)OCO5)OCO3. The summed E-state index contributed by atoms with van der Waals surface area (Å²) >= 11 is 0. The molecule has 0 unspecified atom stereocenters. The van der Waals surface area contributed by atoms with Crippen molar-refractivity contribution in [2.75, 3.05) is 13.6 Å². The fourth-order valence-electron chi connectivity index (χ4n) is 3.63. The largest absolute Gasteiger partial charge is 0.507 e. The van der Waals surface area contributed by atoms with Crippen molar-refractivity contribution in [1.29, 1.82) is 0 Å². The topological polar surface area (TPSA) is 70.0 Å². The van der Waals surface area contributed by atoms with Gasteiger partial charge >= 0.3 is 0 Å². The Morgan fingerprint density at radius 3 is 2.52 bits per heavy atom. The molecule has 1 N–H and O–H groups in total. The Hall–Kier alpha value is -3.41. The number of fused-ring (bicyclic) bond motifs is 8. The molecule has 0 saturated carbocycles. The monoisotopic (exact) mass is 333 g/mol. The van der Waals surface area contributed by atoms with Crippen molar-refractivity contribution in [2.45, 2.75) is 0 Å². The first-order valence-electron chi connectivity index (χ1n) is 7.86. The number of pyridine rings is 1. The molecule has 6 nitrogen and oxygen atoms in total. The van der Waals surface area contributed by atoms with Gasteiger partial charge in [-0.25, -0.2) is 0 Å². The van der Waals surface area contributed by atoms with E-state index in [1.807, 2.05) is 24.3 Å². The highest BCUT2D eigenvalue weighted by Crippen LogP contribution is 2.45. The van der Waals surface area contributed by atoms with Gasteiger partial charge in [-0.3, -0.25) is 4.98 Å². The Bertz CT molecular complexity index is 1220. The lowest BCUT2D eigenvalue weighted by Crippen LogP contribution is -1.93. The second kappa shape index (κ2) is 4.36. The molecule has 3 aromatic carbocycles. The maximum absolute atomic E-state index is 10.7. The molecule has 6 rings (SSSR count). The highest BCUT2D eigenvalue weighted by Gasteiger charge is 2.21. The molecular weight excluding hydrogens is 322 g/mol. The van der Waals surface area contributed by atoms with E-state index in [4.69, 9.17) is 18.9 Å². The van der Waals surface area contributed by atoms with Gasteiger partial charge in [0.05, 0.1) is 10.9 Å². The van der Waals surface area contributed by atoms with E-state index < -0.39 is 0 Å². The van der Waals surface area contributed by atoms with Crippen LogP contribution >= 0.6 is 0 Å². The van der Waals surface area contributed by atoms with Gasteiger partial charge in [-0.2, -0.15) is 0 Å². The Kier molecular flexibility index (Phi) is 2.26. The number of aromatic hydroxyl groups is 1. The number of aromatic nitrogens is 1. The van der Waals surface area contributed by atoms with Crippen LogP contribution in [-0.4, -0.2) is 23.7 Å². The first-order valence-corrected chi connectivity index (χ1v) is 7.86. The Balaban J connectivity index is 1.79. The van der Waals surface area contributed by atoms with Crippen LogP contribution in [0.4, 0.5) is 0 Å². The second-order valence-corrected chi connectivity index (χ2v) is 6.06. The molecule has 3 heterocycles. The van der Waals surface area contributed by atoms with Crippen LogP contribution in [0.25, 0.3) is 32.4 Å². The molecule has 0 atom stereocenters. The summed E-state index contributed by atoms with van der Waals surface area (Å²) in [4.78, 5) is 4.61. The summed E-state index contributed by atoms with van der Waals surface area (Å²) in [6.07, 6.45) is 1.76. The summed E-state index contributed by atoms with van der Waals surface area (Å²) < 4.78 is 21.9. The molecule has 4 aromatic rings. The van der Waals surface area contributed by atoms with Crippen molar-refractivity contribution in [3.8, 4) is 28.7 Å². The number of ether oxygens (including phenoxy) is 4. The van der Waals surface area contributed by atoms with Gasteiger partial charge in [0.1, 0.15) is 5.75 Å². The van der Waals surface area contributed by atoms with E-state index >= 15 is 0 Å². The van der Waals surface area contributed by atoms with E-state index in [-0.39, 0.29) is 19.3 Å². The number of phenols is 1. The zero-order chi connectivity index (χ0) is 16.5. The number of nitrogens with zero attached hydrogens (tertiary/aromatic N) is 1. The maximum Gasteiger partial charge on any atom is 0.231 e. The zero-order valence-electron chi connectivity index (χ0n) is 12.9. The molecule has 0 fully saturated rings. The van der Waals surface area contributed by atoms with Crippen LogP contribution in [-0.2, 0) is 0 Å². The number of hydrogen-bond donors (Lipinski definition) is 1. The van der Waals surface area contributed by atoms with E-state index in [2.05, 4.69) is 4.98 Å². The molecule has 122 valence electrons. The summed E-state index contributed by atoms with van der Waals surface area (Å²) in [5.41, 5.74) is 0.708. The van der Waals surface area contributed by atoms with Crippen molar-refractivity contribution in [2.24, 2.45) is 0 Å². The summed E-state index contributed by atoms with van der Waals surface area (Å²) in [5.74, 6) is 2.88. The summed E-state index contributed by atoms with van der Waals surface area (Å²) in [5, 5.41) is 14.8. The molecular formula is C19H11NO5. The zero-order valence-corrected chi connectivity index (χ0v) is 12.9. The van der Waals surface area contributed by atoms with E-state index in [1.165, 1.54) is 0 Å². The van der Waals surface area contributed by atoms with Crippen LogP contribution in [0.2, 0.25) is 0 Å². The third-order valence-electron chi connectivity index (χ3n) is 4.75. The van der Waals surface area contributed by atoms with Gasteiger partial charge in [0.25, 0.3) is 0 Å². The molecule has 1 aromatic heterocycles. The Morgan fingerprint density at radius 1 is 0.800 bits per heavy atom. The van der Waals surface area contributed by atoms with Crippen LogP contribution in [0, 0.1) is 0 Å². The van der Waals surface area contributed by atoms with E-state index in [0.717, 1.165) is 21.5 Å². The van der Waals surface area contributed by atoms with Crippen molar-refractivity contribution in [3.63, 3.8) is 0 Å². The van der Waals surface area contributed by atoms with Crippen LogP contribution in [0.15, 0.2) is 36.5 Å². The quantitative estimate of drug-likeness (QED) is 0.495. The van der Waals surface area contributed by atoms with Crippen molar-refractivity contribution >= 4 is 32.4 Å². The smallest absolute Gasteiger partial charge is 0.231 e. The van der Waals surface area contributed by atoms with Crippen molar-refractivity contribution in [3.05, 3.63) is 36.5 Å². The lowest BCUT2D eigenvalue weighted by molar-refractivity contribution is 0.174. The summed E-state index contributed by atoms with van der Waals surface area (Å²) in [7, 11) is 0. The van der Waals surface area contributed by atoms with Gasteiger partial charge in [-0.1, -0.05) is 0 Å². The molecule has 2 aliphatic rings. The van der Waals surface area contributed by atoms with E-state index in [1.54, 1.807) is 12.3 Å². The van der Waals surface area contributed by atoms with Gasteiger partial charge in [0.2, 0.25) is 13.6 Å². The standard InChI is InChI=1S/C19H11NO5/c21-13-3-9-4-15-16(24-7-23-15)5-11(9)18-17(13)10-1-2-14-19(25-8-22-14)12(10)6-20-18/h1-6,21H,7-8H2. The average molecular weight is 333 g/mol. The molecule has 0 saturated heterocycles. The van der Waals surface area contributed by atoms with Crippen LogP contribution in [0.3, 0.4) is 0 Å².